The van der Waals surface area contributed by atoms with Crippen LogP contribution in [0.2, 0.25) is 0 Å². The molecule has 29 heavy (non-hydrogen) atoms. The van der Waals surface area contributed by atoms with E-state index in [0.717, 1.165) is 30.8 Å². The molecule has 0 spiro atoms. The topological polar surface area (TPSA) is 42.9 Å². The number of guanidine groups is 1. The second-order valence-corrected chi connectivity index (χ2v) is 9.59. The summed E-state index contributed by atoms with van der Waals surface area (Å²) < 4.78 is 0. The van der Waals surface area contributed by atoms with Crippen molar-refractivity contribution in [2.24, 2.45) is 4.99 Å². The lowest BCUT2D eigenvalue weighted by Crippen LogP contribution is -2.42. The molecule has 0 amide bonds. The first kappa shape index (κ1) is 22.4. The minimum atomic E-state index is 0.556. The molecule has 6 heteroatoms. The summed E-state index contributed by atoms with van der Waals surface area (Å²) in [6.07, 6.45) is 7.29. The maximum Gasteiger partial charge on any atom is 0.191 e. The Bertz CT molecular complexity index is 633. The summed E-state index contributed by atoms with van der Waals surface area (Å²) in [5, 5.41) is 7.85. The fraction of sp³-hybridized carbons (Fsp3) is 0.696. The van der Waals surface area contributed by atoms with Gasteiger partial charge in [-0.3, -0.25) is 4.90 Å². The van der Waals surface area contributed by atoms with E-state index in [1.807, 2.05) is 11.8 Å². The Kier molecular flexibility index (Phi) is 9.15. The van der Waals surface area contributed by atoms with Crippen molar-refractivity contribution in [3.63, 3.8) is 0 Å². The predicted molar refractivity (Wildman–Crippen MR) is 127 cm³/mol. The SMILES string of the molecule is CCNC(=NCc1ccc(CN2CCCN(C)CC2)cc1)NC1CCC(SC)C1. The summed E-state index contributed by atoms with van der Waals surface area (Å²) >= 11 is 2.00. The zero-order valence-electron chi connectivity index (χ0n) is 18.5. The van der Waals surface area contributed by atoms with E-state index < -0.39 is 0 Å². The monoisotopic (exact) mass is 417 g/mol. The largest absolute Gasteiger partial charge is 0.357 e. The van der Waals surface area contributed by atoms with Crippen LogP contribution in [0.4, 0.5) is 0 Å². The van der Waals surface area contributed by atoms with Crippen molar-refractivity contribution in [1.29, 1.82) is 0 Å². The first-order chi connectivity index (χ1) is 14.2. The number of rotatable bonds is 7. The maximum absolute atomic E-state index is 4.84. The molecular formula is C23H39N5S. The third-order valence-electron chi connectivity index (χ3n) is 6.06. The van der Waals surface area contributed by atoms with Gasteiger partial charge in [0.25, 0.3) is 0 Å². The van der Waals surface area contributed by atoms with Crippen molar-refractivity contribution in [2.75, 3.05) is 46.0 Å². The van der Waals surface area contributed by atoms with E-state index in [9.17, 15) is 0 Å². The first-order valence-electron chi connectivity index (χ1n) is 11.2. The molecule has 1 aliphatic heterocycles. The zero-order chi connectivity index (χ0) is 20.5. The standard InChI is InChI=1S/C23H39N5S/c1-4-24-23(26-21-10-11-22(16-21)29-3)25-17-19-6-8-20(9-7-19)18-28-13-5-12-27(2)14-15-28/h6-9,21-22H,4-5,10-18H2,1-3H3,(H2,24,25,26). The average Bonchev–Trinajstić information content (AvgIpc) is 3.09. The summed E-state index contributed by atoms with van der Waals surface area (Å²) in [6.45, 7) is 9.56. The number of aliphatic imine (C=N–C) groups is 1. The molecule has 1 aromatic rings. The van der Waals surface area contributed by atoms with E-state index in [1.54, 1.807) is 0 Å². The van der Waals surface area contributed by atoms with Crippen LogP contribution in [0.25, 0.3) is 0 Å². The fourth-order valence-corrected chi connectivity index (χ4v) is 5.03. The van der Waals surface area contributed by atoms with Crippen LogP contribution in [0.3, 0.4) is 0 Å². The van der Waals surface area contributed by atoms with Gasteiger partial charge in [0, 0.05) is 37.5 Å². The van der Waals surface area contributed by atoms with Crippen LogP contribution in [-0.4, -0.2) is 73.1 Å². The number of nitrogens with zero attached hydrogens (tertiary/aromatic N) is 3. The van der Waals surface area contributed by atoms with Gasteiger partial charge in [-0.05, 0) is 70.1 Å². The molecule has 162 valence electrons. The first-order valence-corrected chi connectivity index (χ1v) is 12.5. The van der Waals surface area contributed by atoms with Gasteiger partial charge >= 0.3 is 0 Å². The van der Waals surface area contributed by atoms with Gasteiger partial charge in [0.1, 0.15) is 0 Å². The van der Waals surface area contributed by atoms with Crippen molar-refractivity contribution < 1.29 is 0 Å². The highest BCUT2D eigenvalue weighted by atomic mass is 32.2. The Labute approximate surface area is 181 Å². The smallest absolute Gasteiger partial charge is 0.191 e. The van der Waals surface area contributed by atoms with Gasteiger partial charge in [-0.25, -0.2) is 4.99 Å². The van der Waals surface area contributed by atoms with Gasteiger partial charge in [-0.1, -0.05) is 24.3 Å². The van der Waals surface area contributed by atoms with Gasteiger partial charge in [0.05, 0.1) is 6.54 Å². The molecule has 2 unspecified atom stereocenters. The molecule has 1 heterocycles. The van der Waals surface area contributed by atoms with E-state index in [1.165, 1.54) is 63.0 Å². The van der Waals surface area contributed by atoms with Crippen LogP contribution in [-0.2, 0) is 13.1 Å². The Hall–Kier alpha value is -1.24. The van der Waals surface area contributed by atoms with Crippen LogP contribution in [0.1, 0.15) is 43.7 Å². The van der Waals surface area contributed by atoms with Gasteiger partial charge in [0.2, 0.25) is 0 Å². The summed E-state index contributed by atoms with van der Waals surface area (Å²) in [4.78, 5) is 9.85. The summed E-state index contributed by atoms with van der Waals surface area (Å²) in [7, 11) is 2.23. The number of hydrogen-bond donors (Lipinski definition) is 2. The quantitative estimate of drug-likeness (QED) is 0.527. The van der Waals surface area contributed by atoms with Gasteiger partial charge in [-0.15, -0.1) is 0 Å². The minimum absolute atomic E-state index is 0.556. The summed E-state index contributed by atoms with van der Waals surface area (Å²) in [6, 6.07) is 9.59. The lowest BCUT2D eigenvalue weighted by atomic mass is 10.1. The van der Waals surface area contributed by atoms with Crippen molar-refractivity contribution in [1.82, 2.24) is 20.4 Å². The predicted octanol–water partition coefficient (Wildman–Crippen LogP) is 3.16. The Morgan fingerprint density at radius 1 is 1.10 bits per heavy atom. The molecule has 0 radical (unpaired) electrons. The average molecular weight is 418 g/mol. The molecule has 0 aromatic heterocycles. The van der Waals surface area contributed by atoms with Crippen LogP contribution >= 0.6 is 11.8 Å². The zero-order valence-corrected chi connectivity index (χ0v) is 19.3. The molecule has 2 N–H and O–H groups in total. The number of nitrogens with one attached hydrogen (secondary N) is 2. The number of benzene rings is 1. The van der Waals surface area contributed by atoms with Crippen molar-refractivity contribution in [2.45, 2.75) is 57.0 Å². The summed E-state index contributed by atoms with van der Waals surface area (Å²) in [5.74, 6) is 0.956. The van der Waals surface area contributed by atoms with Gasteiger partial charge < -0.3 is 15.5 Å². The number of likely N-dealkylation sites (N-methyl/N-ethyl adjacent to an activating group) is 1. The highest BCUT2D eigenvalue weighted by Crippen LogP contribution is 2.28. The van der Waals surface area contributed by atoms with Crippen molar-refractivity contribution in [3.8, 4) is 0 Å². The lowest BCUT2D eigenvalue weighted by molar-refractivity contribution is 0.269. The van der Waals surface area contributed by atoms with Crippen molar-refractivity contribution in [3.05, 3.63) is 35.4 Å². The van der Waals surface area contributed by atoms with Crippen LogP contribution < -0.4 is 10.6 Å². The normalized spacial score (nSPS) is 24.4. The van der Waals surface area contributed by atoms with E-state index >= 15 is 0 Å². The van der Waals surface area contributed by atoms with E-state index in [0.29, 0.717) is 6.04 Å². The lowest BCUT2D eigenvalue weighted by Gasteiger charge is -2.20. The van der Waals surface area contributed by atoms with Gasteiger partial charge in [-0.2, -0.15) is 11.8 Å². The molecule has 1 saturated carbocycles. The molecule has 2 aliphatic rings. The minimum Gasteiger partial charge on any atom is -0.357 e. The van der Waals surface area contributed by atoms with Crippen molar-refractivity contribution >= 4 is 17.7 Å². The van der Waals surface area contributed by atoms with Crippen LogP contribution in [0.15, 0.2) is 29.3 Å². The molecular weight excluding hydrogens is 378 g/mol. The summed E-state index contributed by atoms with van der Waals surface area (Å²) in [5.41, 5.74) is 2.68. The third-order valence-corrected chi connectivity index (χ3v) is 7.16. The van der Waals surface area contributed by atoms with E-state index in [2.05, 4.69) is 64.9 Å². The number of hydrogen-bond acceptors (Lipinski definition) is 4. The third kappa shape index (κ3) is 7.50. The molecule has 1 saturated heterocycles. The maximum atomic E-state index is 4.84. The van der Waals surface area contributed by atoms with E-state index in [-0.39, 0.29) is 0 Å². The molecule has 2 atom stereocenters. The fourth-order valence-electron chi connectivity index (χ4n) is 4.24. The second kappa shape index (κ2) is 11.8. The molecule has 1 aromatic carbocycles. The molecule has 2 fully saturated rings. The molecule has 1 aliphatic carbocycles. The molecule has 0 bridgehead atoms. The molecule has 3 rings (SSSR count). The highest BCUT2D eigenvalue weighted by molar-refractivity contribution is 7.99. The van der Waals surface area contributed by atoms with E-state index in [4.69, 9.17) is 4.99 Å². The second-order valence-electron chi connectivity index (χ2n) is 8.46. The molecule has 5 nitrogen and oxygen atoms in total. The van der Waals surface area contributed by atoms with Crippen LogP contribution in [0.5, 0.6) is 0 Å². The Morgan fingerprint density at radius 2 is 1.90 bits per heavy atom. The highest BCUT2D eigenvalue weighted by Gasteiger charge is 2.24. The van der Waals surface area contributed by atoms with Gasteiger partial charge in [0.15, 0.2) is 5.96 Å². The Balaban J connectivity index is 1.50. The number of thioether (sulfide) groups is 1. The van der Waals surface area contributed by atoms with Crippen LogP contribution in [0, 0.1) is 0 Å². The Morgan fingerprint density at radius 3 is 2.62 bits per heavy atom.